The molecule has 2 aliphatic heterocycles. The van der Waals surface area contributed by atoms with Gasteiger partial charge in [0.2, 0.25) is 6.23 Å². The minimum atomic E-state index is -0.478. The van der Waals surface area contributed by atoms with Gasteiger partial charge in [-0.25, -0.2) is 9.80 Å². The van der Waals surface area contributed by atoms with Crippen molar-refractivity contribution in [1.29, 1.82) is 0 Å². The normalized spacial score (nSPS) is 19.2. The van der Waals surface area contributed by atoms with Crippen molar-refractivity contribution in [3.05, 3.63) is 82.8 Å². The number of benzene rings is 2. The molecule has 7 heteroatoms. The highest BCUT2D eigenvalue weighted by atomic mass is 16.5. The molecule has 0 amide bonds. The fraction of sp³-hybridized carbons (Fsp3) is 0.250. The number of aryl methyl sites for hydroxylation is 1. The second-order valence-electron chi connectivity index (χ2n) is 7.52. The third-order valence-corrected chi connectivity index (χ3v) is 5.64. The summed E-state index contributed by atoms with van der Waals surface area (Å²) in [7, 11) is 3.00. The van der Waals surface area contributed by atoms with E-state index in [-0.39, 0.29) is 12.0 Å². The summed E-state index contributed by atoms with van der Waals surface area (Å²) in [5, 5.41) is 6.84. The Morgan fingerprint density at radius 3 is 2.58 bits per heavy atom. The standard InChI is InChI=1S/C24H22N2O5/c1-14-7-12-20(30-14)18-13-19-17-5-4-6-21(28-2)22(17)31-23(26(19)25-18)15-8-10-16(11-9-15)24(27)29-3/h4-12,19,23H,13H2,1-3H3/t19-,23+/m0/s1. The number of methoxy groups -OCH3 is 2. The van der Waals surface area contributed by atoms with Crippen LogP contribution in [0.25, 0.3) is 0 Å². The number of hydrogen-bond acceptors (Lipinski definition) is 7. The molecule has 0 saturated heterocycles. The van der Waals surface area contributed by atoms with Crippen molar-refractivity contribution in [2.24, 2.45) is 5.10 Å². The summed E-state index contributed by atoms with van der Waals surface area (Å²) < 4.78 is 22.6. The Morgan fingerprint density at radius 1 is 1.10 bits per heavy atom. The minimum absolute atomic E-state index is 0.0236. The maximum absolute atomic E-state index is 11.8. The summed E-state index contributed by atoms with van der Waals surface area (Å²) >= 11 is 0. The molecule has 0 bridgehead atoms. The van der Waals surface area contributed by atoms with Crippen molar-refractivity contribution >= 4 is 11.7 Å². The first-order valence-corrected chi connectivity index (χ1v) is 10.0. The van der Waals surface area contributed by atoms with E-state index < -0.39 is 6.23 Å². The number of carbonyl (C=O) groups excluding carboxylic acids is 1. The molecule has 5 rings (SSSR count). The Balaban J connectivity index is 1.58. The SMILES string of the molecule is COC(=O)c1ccc([C@H]2Oc3c(OC)cccc3[C@@H]3CC(c4ccc(C)o4)=NN23)cc1. The van der Waals surface area contributed by atoms with Gasteiger partial charge in [-0.1, -0.05) is 24.3 Å². The Kier molecular flexibility index (Phi) is 4.66. The first kappa shape index (κ1) is 19.2. The molecule has 0 aliphatic carbocycles. The summed E-state index contributed by atoms with van der Waals surface area (Å²) in [6.45, 7) is 1.92. The number of furan rings is 1. The average Bonchev–Trinajstić information content (AvgIpc) is 3.44. The zero-order valence-electron chi connectivity index (χ0n) is 17.5. The molecule has 0 saturated carbocycles. The van der Waals surface area contributed by atoms with Gasteiger partial charge in [-0.3, -0.25) is 0 Å². The molecule has 3 aromatic rings. The van der Waals surface area contributed by atoms with Gasteiger partial charge in [0.15, 0.2) is 11.5 Å². The molecule has 1 aromatic heterocycles. The van der Waals surface area contributed by atoms with Gasteiger partial charge in [-0.2, -0.15) is 5.10 Å². The Labute approximate surface area is 179 Å². The van der Waals surface area contributed by atoms with Crippen molar-refractivity contribution in [3.8, 4) is 11.5 Å². The molecular formula is C24H22N2O5. The maximum Gasteiger partial charge on any atom is 0.337 e. The highest BCUT2D eigenvalue weighted by Gasteiger charge is 2.42. The quantitative estimate of drug-likeness (QED) is 0.576. The number of fused-ring (bicyclic) bond motifs is 3. The van der Waals surface area contributed by atoms with E-state index in [1.54, 1.807) is 19.2 Å². The average molecular weight is 418 g/mol. The molecule has 0 unspecified atom stereocenters. The summed E-state index contributed by atoms with van der Waals surface area (Å²) in [5.74, 6) is 2.61. The van der Waals surface area contributed by atoms with Crippen LogP contribution in [0.3, 0.4) is 0 Å². The lowest BCUT2D eigenvalue weighted by Gasteiger charge is -2.38. The third-order valence-electron chi connectivity index (χ3n) is 5.64. The van der Waals surface area contributed by atoms with Gasteiger partial charge in [0.05, 0.1) is 25.8 Å². The monoisotopic (exact) mass is 418 g/mol. The molecule has 31 heavy (non-hydrogen) atoms. The summed E-state index contributed by atoms with van der Waals surface area (Å²) in [4.78, 5) is 11.8. The van der Waals surface area contributed by atoms with Crippen LogP contribution in [0.15, 0.2) is 64.1 Å². The van der Waals surface area contributed by atoms with E-state index in [1.807, 2.05) is 54.4 Å². The van der Waals surface area contributed by atoms with Crippen LogP contribution in [0, 0.1) is 6.92 Å². The van der Waals surface area contributed by atoms with Crippen LogP contribution in [0.4, 0.5) is 0 Å². The third kappa shape index (κ3) is 3.22. The van der Waals surface area contributed by atoms with Crippen molar-refractivity contribution in [2.75, 3.05) is 14.2 Å². The van der Waals surface area contributed by atoms with E-state index in [9.17, 15) is 4.79 Å². The van der Waals surface area contributed by atoms with Gasteiger partial charge in [-0.05, 0) is 37.3 Å². The Hall–Kier alpha value is -3.74. The maximum atomic E-state index is 11.8. The first-order valence-electron chi connectivity index (χ1n) is 10.0. The van der Waals surface area contributed by atoms with Crippen molar-refractivity contribution in [2.45, 2.75) is 25.6 Å². The number of carbonyl (C=O) groups is 1. The molecule has 2 aliphatic rings. The van der Waals surface area contributed by atoms with E-state index in [0.29, 0.717) is 23.5 Å². The largest absolute Gasteiger partial charge is 0.493 e. The predicted molar refractivity (Wildman–Crippen MR) is 113 cm³/mol. The first-order chi connectivity index (χ1) is 15.1. The number of rotatable bonds is 4. The van der Waals surface area contributed by atoms with Gasteiger partial charge in [0.25, 0.3) is 0 Å². The van der Waals surface area contributed by atoms with Crippen LogP contribution in [0.1, 0.15) is 51.7 Å². The number of nitrogens with zero attached hydrogens (tertiary/aromatic N) is 2. The smallest absolute Gasteiger partial charge is 0.337 e. The fourth-order valence-corrected chi connectivity index (χ4v) is 4.10. The molecule has 0 spiro atoms. The van der Waals surface area contributed by atoms with E-state index >= 15 is 0 Å². The molecule has 0 N–H and O–H groups in total. The number of ether oxygens (including phenoxy) is 3. The molecule has 2 atom stereocenters. The zero-order valence-corrected chi connectivity index (χ0v) is 17.5. The minimum Gasteiger partial charge on any atom is -0.493 e. The molecule has 0 fully saturated rings. The Morgan fingerprint density at radius 2 is 1.90 bits per heavy atom. The fourth-order valence-electron chi connectivity index (χ4n) is 4.10. The van der Waals surface area contributed by atoms with Crippen LogP contribution < -0.4 is 9.47 Å². The lowest BCUT2D eigenvalue weighted by molar-refractivity contribution is -0.0209. The van der Waals surface area contributed by atoms with Crippen LogP contribution >= 0.6 is 0 Å². The molecule has 158 valence electrons. The van der Waals surface area contributed by atoms with Gasteiger partial charge in [0.1, 0.15) is 17.2 Å². The van der Waals surface area contributed by atoms with Crippen LogP contribution in [-0.4, -0.2) is 30.9 Å². The molecule has 3 heterocycles. The lowest BCUT2D eigenvalue weighted by Crippen LogP contribution is -2.33. The highest BCUT2D eigenvalue weighted by Crippen LogP contribution is 2.50. The van der Waals surface area contributed by atoms with Crippen molar-refractivity contribution in [1.82, 2.24) is 5.01 Å². The second-order valence-corrected chi connectivity index (χ2v) is 7.52. The number of esters is 1. The lowest BCUT2D eigenvalue weighted by atomic mass is 9.97. The van der Waals surface area contributed by atoms with Crippen molar-refractivity contribution < 1.29 is 23.4 Å². The van der Waals surface area contributed by atoms with Gasteiger partial charge < -0.3 is 18.6 Å². The van der Waals surface area contributed by atoms with Gasteiger partial charge in [-0.15, -0.1) is 0 Å². The van der Waals surface area contributed by atoms with E-state index in [4.69, 9.17) is 23.7 Å². The predicted octanol–water partition coefficient (Wildman–Crippen LogP) is 4.63. The zero-order chi connectivity index (χ0) is 21.5. The molecule has 0 radical (unpaired) electrons. The highest BCUT2D eigenvalue weighted by molar-refractivity contribution is 5.99. The number of para-hydroxylation sites is 1. The number of hydrogen-bond donors (Lipinski definition) is 0. The number of hydrazone groups is 1. The van der Waals surface area contributed by atoms with Crippen LogP contribution in [0.5, 0.6) is 11.5 Å². The summed E-state index contributed by atoms with van der Waals surface area (Å²) in [6.07, 6.45) is 0.210. The van der Waals surface area contributed by atoms with Crippen LogP contribution in [-0.2, 0) is 4.74 Å². The van der Waals surface area contributed by atoms with Crippen molar-refractivity contribution in [3.63, 3.8) is 0 Å². The van der Waals surface area contributed by atoms with Crippen LogP contribution in [0.2, 0.25) is 0 Å². The molecule has 7 nitrogen and oxygen atoms in total. The van der Waals surface area contributed by atoms with E-state index in [1.165, 1.54) is 7.11 Å². The van der Waals surface area contributed by atoms with E-state index in [2.05, 4.69) is 0 Å². The van der Waals surface area contributed by atoms with Gasteiger partial charge in [0, 0.05) is 17.5 Å². The van der Waals surface area contributed by atoms with Gasteiger partial charge >= 0.3 is 5.97 Å². The summed E-state index contributed by atoms with van der Waals surface area (Å²) in [5.41, 5.74) is 3.24. The van der Waals surface area contributed by atoms with E-state index in [0.717, 1.165) is 28.4 Å². The summed E-state index contributed by atoms with van der Waals surface area (Å²) in [6, 6.07) is 16.9. The second kappa shape index (κ2) is 7.50. The topological polar surface area (TPSA) is 73.5 Å². The molecular weight excluding hydrogens is 396 g/mol. The molecule has 2 aromatic carbocycles. The Bertz CT molecular complexity index is 1160.